The van der Waals surface area contributed by atoms with Gasteiger partial charge >= 0.3 is 24.4 Å². The molecular formula is C25H20ClF7N4O2. The zero-order valence-electron chi connectivity index (χ0n) is 19.8. The van der Waals surface area contributed by atoms with Gasteiger partial charge in [0.05, 0.1) is 11.1 Å². The highest BCUT2D eigenvalue weighted by Gasteiger charge is 2.37. The van der Waals surface area contributed by atoms with Crippen LogP contribution in [0.4, 0.5) is 57.4 Å². The van der Waals surface area contributed by atoms with E-state index in [9.17, 15) is 40.3 Å². The molecule has 0 bridgehead atoms. The predicted octanol–water partition coefficient (Wildman–Crippen LogP) is 7.77. The standard InChI is InChI=1S/C25H20ClF7N4O2/c26-17-3-1-4-19(14-17)36-23(39)37(21-7-5-18(27)6-8-21)10-2-9-34-22(38)35-20-12-15(24(28,29)30)11-16(13-20)25(31,32)33/h1,3-8,11-14H,2,9-10H2,(H,36,39)(H2,34,35,38). The number of rotatable bonds is 7. The molecule has 3 N–H and O–H groups in total. The van der Waals surface area contributed by atoms with Crippen molar-refractivity contribution in [2.45, 2.75) is 18.8 Å². The Hall–Kier alpha value is -4.00. The van der Waals surface area contributed by atoms with Crippen LogP contribution in [0, 0.1) is 5.82 Å². The van der Waals surface area contributed by atoms with Crippen LogP contribution >= 0.6 is 11.6 Å². The number of carbonyl (C=O) groups excluding carboxylic acids is 2. The molecule has 0 atom stereocenters. The van der Waals surface area contributed by atoms with E-state index in [2.05, 4.69) is 10.6 Å². The molecule has 0 aromatic heterocycles. The molecule has 39 heavy (non-hydrogen) atoms. The molecule has 3 aromatic carbocycles. The highest BCUT2D eigenvalue weighted by atomic mass is 35.5. The zero-order valence-corrected chi connectivity index (χ0v) is 20.5. The van der Waals surface area contributed by atoms with Gasteiger partial charge in [0.1, 0.15) is 5.82 Å². The smallest absolute Gasteiger partial charge is 0.338 e. The lowest BCUT2D eigenvalue weighted by Crippen LogP contribution is -2.38. The van der Waals surface area contributed by atoms with E-state index < -0.39 is 47.0 Å². The van der Waals surface area contributed by atoms with E-state index in [0.29, 0.717) is 28.5 Å². The molecule has 4 amide bonds. The summed E-state index contributed by atoms with van der Waals surface area (Å²) in [6.45, 7) is -0.112. The van der Waals surface area contributed by atoms with Gasteiger partial charge in [-0.1, -0.05) is 17.7 Å². The van der Waals surface area contributed by atoms with Gasteiger partial charge in [-0.25, -0.2) is 14.0 Å². The highest BCUT2D eigenvalue weighted by molar-refractivity contribution is 6.30. The third kappa shape index (κ3) is 8.77. The Bertz CT molecular complexity index is 1280. The molecule has 0 aliphatic rings. The Balaban J connectivity index is 1.64. The number of urea groups is 2. The molecular weight excluding hydrogens is 557 g/mol. The normalized spacial score (nSPS) is 11.6. The minimum Gasteiger partial charge on any atom is -0.338 e. The summed E-state index contributed by atoms with van der Waals surface area (Å²) in [5, 5.41) is 7.28. The zero-order chi connectivity index (χ0) is 28.8. The monoisotopic (exact) mass is 576 g/mol. The van der Waals surface area contributed by atoms with E-state index in [1.54, 1.807) is 18.2 Å². The minimum atomic E-state index is -5.07. The fourth-order valence-electron chi connectivity index (χ4n) is 3.37. The third-order valence-corrected chi connectivity index (χ3v) is 5.38. The van der Waals surface area contributed by atoms with Crippen molar-refractivity contribution in [2.24, 2.45) is 0 Å². The van der Waals surface area contributed by atoms with Crippen LogP contribution in [0.1, 0.15) is 17.5 Å². The van der Waals surface area contributed by atoms with Crippen LogP contribution in [-0.2, 0) is 12.4 Å². The number of benzene rings is 3. The van der Waals surface area contributed by atoms with Gasteiger partial charge in [0.25, 0.3) is 0 Å². The largest absolute Gasteiger partial charge is 0.416 e. The maximum atomic E-state index is 13.4. The first kappa shape index (κ1) is 29.6. The Kier molecular flexibility index (Phi) is 9.28. The van der Waals surface area contributed by atoms with Crippen molar-refractivity contribution in [2.75, 3.05) is 28.6 Å². The summed E-state index contributed by atoms with van der Waals surface area (Å²) in [6.07, 6.45) is -10.0. The molecule has 0 saturated heterocycles. The predicted molar refractivity (Wildman–Crippen MR) is 132 cm³/mol. The number of hydrogen-bond donors (Lipinski definition) is 3. The molecule has 0 unspecified atom stereocenters. The van der Waals surface area contributed by atoms with Gasteiger partial charge in [0.15, 0.2) is 0 Å². The van der Waals surface area contributed by atoms with Gasteiger partial charge in [-0.3, -0.25) is 4.90 Å². The summed E-state index contributed by atoms with van der Waals surface area (Å²) in [7, 11) is 0. The highest BCUT2D eigenvalue weighted by Crippen LogP contribution is 2.37. The van der Waals surface area contributed by atoms with Crippen LogP contribution in [0.25, 0.3) is 0 Å². The van der Waals surface area contributed by atoms with Gasteiger partial charge in [0, 0.05) is 35.2 Å². The van der Waals surface area contributed by atoms with Crippen molar-refractivity contribution in [3.8, 4) is 0 Å². The number of halogens is 8. The molecule has 0 aliphatic carbocycles. The summed E-state index contributed by atoms with van der Waals surface area (Å²) in [4.78, 5) is 26.3. The molecule has 208 valence electrons. The average Bonchev–Trinajstić information content (AvgIpc) is 2.83. The van der Waals surface area contributed by atoms with E-state index in [0.717, 1.165) is 12.1 Å². The van der Waals surface area contributed by atoms with E-state index in [4.69, 9.17) is 11.6 Å². The topological polar surface area (TPSA) is 73.5 Å². The van der Waals surface area contributed by atoms with E-state index >= 15 is 0 Å². The lowest BCUT2D eigenvalue weighted by atomic mass is 10.1. The molecule has 0 spiro atoms. The van der Waals surface area contributed by atoms with Crippen molar-refractivity contribution in [1.29, 1.82) is 0 Å². The number of alkyl halides is 6. The average molecular weight is 577 g/mol. The number of hydrogen-bond acceptors (Lipinski definition) is 2. The minimum absolute atomic E-state index is 0.0000914. The summed E-state index contributed by atoms with van der Waals surface area (Å²) in [5.41, 5.74) is -3.15. The van der Waals surface area contributed by atoms with Crippen LogP contribution in [0.3, 0.4) is 0 Å². The Labute approximate surface area is 222 Å². The summed E-state index contributed by atoms with van der Waals surface area (Å²) in [5.74, 6) is -0.532. The molecule has 0 saturated carbocycles. The fraction of sp³-hybridized carbons (Fsp3) is 0.200. The van der Waals surface area contributed by atoms with Gasteiger partial charge in [0.2, 0.25) is 0 Å². The van der Waals surface area contributed by atoms with Crippen LogP contribution < -0.4 is 20.9 Å². The number of amides is 4. The SMILES string of the molecule is O=C(NCCCN(C(=O)Nc1cccc(Cl)c1)c1ccc(F)cc1)Nc1cc(C(F)(F)F)cc(C(F)(F)F)c1. The van der Waals surface area contributed by atoms with Gasteiger partial charge in [-0.2, -0.15) is 26.3 Å². The quantitative estimate of drug-likeness (QED) is 0.199. The van der Waals surface area contributed by atoms with E-state index in [1.165, 1.54) is 23.1 Å². The van der Waals surface area contributed by atoms with Crippen LogP contribution in [0.2, 0.25) is 5.02 Å². The van der Waals surface area contributed by atoms with Crippen molar-refractivity contribution in [1.82, 2.24) is 5.32 Å². The lowest BCUT2D eigenvalue weighted by molar-refractivity contribution is -0.143. The van der Waals surface area contributed by atoms with Crippen molar-refractivity contribution >= 4 is 40.7 Å². The number of carbonyl (C=O) groups is 2. The van der Waals surface area contributed by atoms with Crippen LogP contribution in [0.5, 0.6) is 0 Å². The molecule has 0 radical (unpaired) electrons. The van der Waals surface area contributed by atoms with Gasteiger partial charge in [-0.05, 0) is 67.1 Å². The second-order valence-electron chi connectivity index (χ2n) is 8.10. The number of nitrogens with zero attached hydrogens (tertiary/aromatic N) is 1. The summed E-state index contributed by atoms with van der Waals surface area (Å²) in [6, 6.07) is 10.4. The Morgan fingerprint density at radius 3 is 1.97 bits per heavy atom. The maximum absolute atomic E-state index is 13.4. The van der Waals surface area contributed by atoms with Crippen molar-refractivity contribution in [3.05, 3.63) is 88.7 Å². The summed E-state index contributed by atoms with van der Waals surface area (Å²) < 4.78 is 91.5. The first-order chi connectivity index (χ1) is 18.2. The first-order valence-corrected chi connectivity index (χ1v) is 11.5. The van der Waals surface area contributed by atoms with Gasteiger partial charge < -0.3 is 16.0 Å². The van der Waals surface area contributed by atoms with E-state index in [-0.39, 0.29) is 25.6 Å². The number of nitrogens with one attached hydrogen (secondary N) is 3. The Morgan fingerprint density at radius 1 is 0.795 bits per heavy atom. The van der Waals surface area contributed by atoms with Crippen LogP contribution in [0.15, 0.2) is 66.7 Å². The lowest BCUT2D eigenvalue weighted by Gasteiger charge is -2.23. The van der Waals surface area contributed by atoms with Crippen molar-refractivity contribution in [3.63, 3.8) is 0 Å². The summed E-state index contributed by atoms with van der Waals surface area (Å²) >= 11 is 5.93. The molecule has 0 aliphatic heterocycles. The number of anilines is 3. The third-order valence-electron chi connectivity index (χ3n) is 5.15. The molecule has 3 rings (SSSR count). The van der Waals surface area contributed by atoms with Crippen LogP contribution in [-0.4, -0.2) is 25.2 Å². The van der Waals surface area contributed by atoms with Gasteiger partial charge in [-0.15, -0.1) is 0 Å². The molecule has 14 heteroatoms. The Morgan fingerprint density at radius 2 is 1.41 bits per heavy atom. The molecule has 3 aromatic rings. The first-order valence-electron chi connectivity index (χ1n) is 11.2. The maximum Gasteiger partial charge on any atom is 0.416 e. The second kappa shape index (κ2) is 12.2. The fourth-order valence-corrected chi connectivity index (χ4v) is 3.56. The van der Waals surface area contributed by atoms with Crippen molar-refractivity contribution < 1.29 is 40.3 Å². The van der Waals surface area contributed by atoms with E-state index in [1.807, 2.05) is 5.32 Å². The second-order valence-corrected chi connectivity index (χ2v) is 8.53. The molecule has 0 fully saturated rings. The molecule has 6 nitrogen and oxygen atoms in total. The molecule has 0 heterocycles.